The highest BCUT2D eigenvalue weighted by Crippen LogP contribution is 2.39. The van der Waals surface area contributed by atoms with Crippen LogP contribution in [0.5, 0.6) is 17.2 Å². The Kier molecular flexibility index (Phi) is 15.9. The van der Waals surface area contributed by atoms with E-state index in [9.17, 15) is 13.2 Å². The lowest BCUT2D eigenvalue weighted by Crippen LogP contribution is -2.28. The van der Waals surface area contributed by atoms with E-state index in [0.29, 0.717) is 23.7 Å². The summed E-state index contributed by atoms with van der Waals surface area (Å²) in [7, 11) is -1.31. The number of ether oxygens (including phenoxy) is 3. The van der Waals surface area contributed by atoms with Gasteiger partial charge in [0.15, 0.2) is 5.75 Å². The molecular formula is C36H50N2O7S. The highest BCUT2D eigenvalue weighted by Gasteiger charge is 2.30. The van der Waals surface area contributed by atoms with Crippen molar-refractivity contribution in [3.8, 4) is 17.2 Å². The molecule has 0 bridgehead atoms. The molecule has 1 N–H and O–H groups in total. The predicted molar refractivity (Wildman–Crippen MR) is 182 cm³/mol. The van der Waals surface area contributed by atoms with Gasteiger partial charge in [-0.15, -0.1) is 0 Å². The first-order valence-corrected chi connectivity index (χ1v) is 17.8. The molecule has 0 aromatic heterocycles. The Balaban J connectivity index is 1.86. The molecule has 46 heavy (non-hydrogen) atoms. The van der Waals surface area contributed by atoms with E-state index >= 15 is 0 Å². The number of benzene rings is 3. The number of hydrogen-bond donors (Lipinski definition) is 1. The van der Waals surface area contributed by atoms with E-state index in [0.717, 1.165) is 42.1 Å². The number of unbranched alkanes of at least 4 members (excludes halogenated alkanes) is 8. The molecular weight excluding hydrogens is 604 g/mol. The van der Waals surface area contributed by atoms with E-state index in [1.807, 2.05) is 6.07 Å². The average Bonchev–Trinajstić information content (AvgIpc) is 3.07. The summed E-state index contributed by atoms with van der Waals surface area (Å²) in [5, 5.41) is 3.28. The van der Waals surface area contributed by atoms with Crippen molar-refractivity contribution < 1.29 is 32.3 Å². The minimum Gasteiger partial charge on any atom is -0.497 e. The summed E-state index contributed by atoms with van der Waals surface area (Å²) in [6, 6.07) is 19.0. The minimum atomic E-state index is -4.26. The third kappa shape index (κ3) is 11.6. The molecule has 0 fully saturated rings. The average molecular weight is 655 g/mol. The van der Waals surface area contributed by atoms with Gasteiger partial charge in [0.05, 0.1) is 25.0 Å². The third-order valence-electron chi connectivity index (χ3n) is 7.52. The van der Waals surface area contributed by atoms with Crippen LogP contribution in [0.25, 0.3) is 0 Å². The fourth-order valence-corrected chi connectivity index (χ4v) is 5.90. The second kappa shape index (κ2) is 19.8. The lowest BCUT2D eigenvalue weighted by molar-refractivity contribution is -0.0663. The first-order chi connectivity index (χ1) is 22.3. The second-order valence-electron chi connectivity index (χ2n) is 11.2. The Morgan fingerprint density at radius 3 is 2.11 bits per heavy atom. The van der Waals surface area contributed by atoms with Gasteiger partial charge in [-0.25, -0.2) is 13.2 Å². The van der Waals surface area contributed by atoms with Crippen molar-refractivity contribution in [1.29, 1.82) is 0 Å². The van der Waals surface area contributed by atoms with Crippen LogP contribution >= 0.6 is 0 Å². The quantitative estimate of drug-likeness (QED) is 0.0652. The van der Waals surface area contributed by atoms with Crippen LogP contribution in [0.2, 0.25) is 0 Å². The van der Waals surface area contributed by atoms with Crippen LogP contribution in [0, 0.1) is 0 Å². The van der Waals surface area contributed by atoms with E-state index in [-0.39, 0.29) is 29.4 Å². The number of nitrogens with one attached hydrogen (secondary N) is 1. The van der Waals surface area contributed by atoms with Gasteiger partial charge in [-0.2, -0.15) is 0 Å². The van der Waals surface area contributed by atoms with Crippen LogP contribution in [-0.4, -0.2) is 46.2 Å². The van der Waals surface area contributed by atoms with E-state index in [4.69, 9.17) is 19.0 Å². The van der Waals surface area contributed by atoms with Gasteiger partial charge in [-0.05, 0) is 54.8 Å². The standard InChI is InChI=1S/C36H50N2O7S/c1-5-7-9-10-11-12-13-17-25-44-38(3)46(40,41)34-27-30(36(39)43-28-29-20-22-31(42-4)23-21-29)26-33(37-24-8-6-2)35(34)45-32-18-15-14-16-19-32/h14-16,18-23,26-27,37H,5-13,17,24-25,28H2,1-4H3. The molecule has 9 nitrogen and oxygen atoms in total. The van der Waals surface area contributed by atoms with Gasteiger partial charge in [0, 0.05) is 13.6 Å². The first-order valence-electron chi connectivity index (χ1n) is 16.4. The number of para-hydroxylation sites is 1. The monoisotopic (exact) mass is 654 g/mol. The molecule has 3 aromatic rings. The minimum absolute atomic E-state index is 0.00733. The molecule has 0 saturated carbocycles. The fourth-order valence-electron chi connectivity index (χ4n) is 4.75. The molecule has 10 heteroatoms. The van der Waals surface area contributed by atoms with Crippen LogP contribution in [0.3, 0.4) is 0 Å². The molecule has 0 atom stereocenters. The second-order valence-corrected chi connectivity index (χ2v) is 13.1. The summed E-state index contributed by atoms with van der Waals surface area (Å²) < 4.78 is 45.9. The van der Waals surface area contributed by atoms with Crippen molar-refractivity contribution in [2.24, 2.45) is 0 Å². The molecule has 0 amide bonds. The van der Waals surface area contributed by atoms with E-state index < -0.39 is 16.0 Å². The molecule has 3 rings (SSSR count). The van der Waals surface area contributed by atoms with Crippen LogP contribution in [0.1, 0.15) is 94.0 Å². The van der Waals surface area contributed by atoms with Crippen LogP contribution in [0.15, 0.2) is 71.6 Å². The summed E-state index contributed by atoms with van der Waals surface area (Å²) >= 11 is 0. The molecule has 252 valence electrons. The van der Waals surface area contributed by atoms with E-state index in [2.05, 4.69) is 19.2 Å². The van der Waals surface area contributed by atoms with Crippen molar-refractivity contribution in [3.63, 3.8) is 0 Å². The molecule has 0 unspecified atom stereocenters. The normalized spacial score (nSPS) is 11.4. The Morgan fingerprint density at radius 1 is 0.804 bits per heavy atom. The summed E-state index contributed by atoms with van der Waals surface area (Å²) in [6.45, 7) is 5.08. The number of sulfonamides is 1. The van der Waals surface area contributed by atoms with Gasteiger partial charge in [-0.1, -0.05) is 100 Å². The lowest BCUT2D eigenvalue weighted by Gasteiger charge is -2.22. The SMILES string of the molecule is CCCCCCCCCCON(C)S(=O)(=O)c1cc(C(=O)OCc2ccc(OC)cc2)cc(NCCCC)c1Oc1ccccc1. The van der Waals surface area contributed by atoms with Crippen LogP contribution in [0.4, 0.5) is 5.69 Å². The highest BCUT2D eigenvalue weighted by molar-refractivity contribution is 7.89. The molecule has 0 radical (unpaired) electrons. The number of anilines is 1. The molecule has 0 heterocycles. The van der Waals surface area contributed by atoms with Gasteiger partial charge in [-0.3, -0.25) is 4.84 Å². The van der Waals surface area contributed by atoms with Gasteiger partial charge in [0.25, 0.3) is 10.0 Å². The van der Waals surface area contributed by atoms with Crippen LogP contribution in [-0.2, 0) is 26.2 Å². The smallest absolute Gasteiger partial charge is 0.338 e. The first kappa shape index (κ1) is 36.9. The zero-order chi connectivity index (χ0) is 33.2. The van der Waals surface area contributed by atoms with Gasteiger partial charge < -0.3 is 19.5 Å². The summed E-state index contributed by atoms with van der Waals surface area (Å²) in [5.41, 5.74) is 1.20. The van der Waals surface area contributed by atoms with Crippen molar-refractivity contribution in [3.05, 3.63) is 77.9 Å². The third-order valence-corrected chi connectivity index (χ3v) is 9.16. The summed E-state index contributed by atoms with van der Waals surface area (Å²) in [4.78, 5) is 18.9. The van der Waals surface area contributed by atoms with Crippen molar-refractivity contribution >= 4 is 21.7 Å². The zero-order valence-electron chi connectivity index (χ0n) is 27.8. The summed E-state index contributed by atoms with van der Waals surface area (Å²) in [5.74, 6) is 0.557. The van der Waals surface area contributed by atoms with Gasteiger partial charge >= 0.3 is 5.97 Å². The van der Waals surface area contributed by atoms with E-state index in [1.54, 1.807) is 61.7 Å². The molecule has 3 aromatic carbocycles. The predicted octanol–water partition coefficient (Wildman–Crippen LogP) is 8.75. The number of hydroxylamine groups is 1. The van der Waals surface area contributed by atoms with Gasteiger partial charge in [0.1, 0.15) is 23.0 Å². The number of nitrogens with zero attached hydrogens (tertiary/aromatic N) is 1. The molecule has 0 spiro atoms. The molecule has 0 aliphatic carbocycles. The Morgan fingerprint density at radius 2 is 1.46 bits per heavy atom. The number of carbonyl (C=O) groups is 1. The zero-order valence-corrected chi connectivity index (χ0v) is 28.6. The maximum atomic E-state index is 14.0. The van der Waals surface area contributed by atoms with Crippen molar-refractivity contribution in [2.45, 2.75) is 89.6 Å². The van der Waals surface area contributed by atoms with Crippen molar-refractivity contribution in [1.82, 2.24) is 4.47 Å². The van der Waals surface area contributed by atoms with Crippen molar-refractivity contribution in [2.75, 3.05) is 32.6 Å². The molecule has 0 saturated heterocycles. The number of methoxy groups -OCH3 is 1. The largest absolute Gasteiger partial charge is 0.497 e. The topological polar surface area (TPSA) is 103 Å². The summed E-state index contributed by atoms with van der Waals surface area (Å²) in [6.07, 6.45) is 10.7. The molecule has 0 aliphatic heterocycles. The highest BCUT2D eigenvalue weighted by atomic mass is 32.2. The lowest BCUT2D eigenvalue weighted by atomic mass is 10.1. The Labute approximate surface area is 275 Å². The van der Waals surface area contributed by atoms with Crippen LogP contribution < -0.4 is 14.8 Å². The maximum absolute atomic E-state index is 14.0. The molecule has 0 aliphatic rings. The van der Waals surface area contributed by atoms with Gasteiger partial charge in [0.2, 0.25) is 0 Å². The number of rotatable bonds is 22. The Bertz CT molecular complexity index is 1430. The van der Waals surface area contributed by atoms with E-state index in [1.165, 1.54) is 45.2 Å². The maximum Gasteiger partial charge on any atom is 0.338 e. The Hall–Kier alpha value is -3.60. The fraction of sp³-hybridized carbons (Fsp3) is 0.472. The number of hydrogen-bond acceptors (Lipinski definition) is 8. The number of esters is 1. The number of carbonyl (C=O) groups excluding carboxylic acids is 1.